The Morgan fingerprint density at radius 1 is 0.931 bits per heavy atom. The normalized spacial score (nSPS) is 19.5. The summed E-state index contributed by atoms with van der Waals surface area (Å²) in [6, 6.07) is 14.3. The zero-order valence-corrected chi connectivity index (χ0v) is 46.8. The maximum atomic E-state index is 15.2. The van der Waals surface area contributed by atoms with Crippen LogP contribution in [-0.2, 0) is 38.5 Å². The standard InChI is InChI=1S/C57H84N8O6Si/c1-15-64-49-21-20-41-32-45(49)46(52(64)44-18-16-22-59-50(44)35(2)3)33-57(12,13)34-70-55(68)47-19-17-25-65(61-47)54(67)48(60-53(66)51(36(4)5)62(14)56(69)63-26-23-58-24-27-63)30-40-28-42(41)31-43(29-40)71-72(37(6)7,38(8)9)39(10)11/h16,18,20-22,28-29,31-32,35-39,47-48,51,58,61H,15,17,19,23-27,30,33-34H2,1-14H3,(H,60,66)/t47-,48-,51-/m0/s1. The minimum atomic E-state index is -2.50. The number of amides is 4. The summed E-state index contributed by atoms with van der Waals surface area (Å²) in [7, 11) is -0.830. The number of carbonyl (C=O) groups excluding carboxylic acids is 4. The first-order valence-electron chi connectivity index (χ1n) is 26.8. The number of fused-ring (bicyclic) bond motifs is 6. The van der Waals surface area contributed by atoms with Crippen LogP contribution < -0.4 is 20.5 Å². The van der Waals surface area contributed by atoms with Gasteiger partial charge in [-0.15, -0.1) is 0 Å². The van der Waals surface area contributed by atoms with Gasteiger partial charge in [-0.2, -0.15) is 0 Å². The Morgan fingerprint density at radius 2 is 1.62 bits per heavy atom. The number of urea groups is 1. The molecule has 2 aromatic carbocycles. The number of hydrogen-bond acceptors (Lipinski definition) is 9. The summed E-state index contributed by atoms with van der Waals surface area (Å²) in [5.74, 6) is -0.572. The van der Waals surface area contributed by atoms with Crippen LogP contribution >= 0.6 is 0 Å². The Morgan fingerprint density at radius 3 is 2.26 bits per heavy atom. The summed E-state index contributed by atoms with van der Waals surface area (Å²) in [5, 5.41) is 9.07. The van der Waals surface area contributed by atoms with E-state index in [0.717, 1.165) is 56.8 Å². The van der Waals surface area contributed by atoms with Crippen LogP contribution in [0.25, 0.3) is 33.3 Å². The number of hydrogen-bond donors (Lipinski definition) is 3. The molecule has 14 nitrogen and oxygen atoms in total. The van der Waals surface area contributed by atoms with Crippen molar-refractivity contribution in [3.05, 3.63) is 71.5 Å². The Hall–Kier alpha value is -5.25. The summed E-state index contributed by atoms with van der Waals surface area (Å²) < 4.78 is 16.1. The van der Waals surface area contributed by atoms with Gasteiger partial charge >= 0.3 is 12.0 Å². The lowest BCUT2D eigenvalue weighted by atomic mass is 9.83. The Labute approximate surface area is 430 Å². The highest BCUT2D eigenvalue weighted by Crippen LogP contribution is 2.45. The number of esters is 1. The predicted molar refractivity (Wildman–Crippen MR) is 290 cm³/mol. The van der Waals surface area contributed by atoms with Gasteiger partial charge in [-0.1, -0.05) is 95.2 Å². The molecular weight excluding hydrogens is 921 g/mol. The first kappa shape index (κ1) is 54.5. The molecule has 4 amide bonds. The highest BCUT2D eigenvalue weighted by molar-refractivity contribution is 6.78. The molecule has 2 fully saturated rings. The molecule has 6 bridgehead atoms. The van der Waals surface area contributed by atoms with E-state index in [9.17, 15) is 14.4 Å². The maximum absolute atomic E-state index is 15.2. The Kier molecular flexibility index (Phi) is 17.0. The average Bonchev–Trinajstić information content (AvgIpc) is 3.64. The lowest BCUT2D eigenvalue weighted by molar-refractivity contribution is -0.155. The summed E-state index contributed by atoms with van der Waals surface area (Å²) in [4.78, 5) is 66.3. The van der Waals surface area contributed by atoms with Crippen LogP contribution in [0.3, 0.4) is 0 Å². The molecule has 7 rings (SSSR count). The quantitative estimate of drug-likeness (QED) is 0.0932. The largest absolute Gasteiger partial charge is 0.543 e. The summed E-state index contributed by atoms with van der Waals surface area (Å²) in [6.07, 6.45) is 3.66. The first-order valence-corrected chi connectivity index (χ1v) is 28.9. The summed E-state index contributed by atoms with van der Waals surface area (Å²) in [5.41, 5.74) is 11.9. The van der Waals surface area contributed by atoms with Crippen molar-refractivity contribution in [3.63, 3.8) is 0 Å². The molecule has 5 heterocycles. The number of aromatic nitrogens is 2. The third kappa shape index (κ3) is 11.3. The number of piperazine rings is 1. The van der Waals surface area contributed by atoms with Crippen molar-refractivity contribution in [2.24, 2.45) is 11.3 Å². The molecule has 2 aromatic heterocycles. The number of hydrazine groups is 1. The number of rotatable bonds is 12. The molecule has 0 unspecified atom stereocenters. The highest BCUT2D eigenvalue weighted by Gasteiger charge is 2.47. The van der Waals surface area contributed by atoms with Gasteiger partial charge in [-0.05, 0) is 113 Å². The van der Waals surface area contributed by atoms with Crippen LogP contribution in [0.15, 0.2) is 54.7 Å². The van der Waals surface area contributed by atoms with Crippen molar-refractivity contribution in [1.29, 1.82) is 0 Å². The van der Waals surface area contributed by atoms with E-state index >= 15 is 4.79 Å². The van der Waals surface area contributed by atoms with Gasteiger partial charge in [-0.25, -0.2) is 10.2 Å². The van der Waals surface area contributed by atoms with Crippen molar-refractivity contribution >= 4 is 43.0 Å². The molecule has 3 aliphatic rings. The Bertz CT molecular complexity index is 2580. The number of cyclic esters (lactones) is 1. The predicted octanol–water partition coefficient (Wildman–Crippen LogP) is 9.70. The summed E-state index contributed by atoms with van der Waals surface area (Å²) >= 11 is 0. The minimum absolute atomic E-state index is 0.124. The van der Waals surface area contributed by atoms with Crippen LogP contribution in [0.2, 0.25) is 16.6 Å². The second-order valence-corrected chi connectivity index (χ2v) is 28.4. The van der Waals surface area contributed by atoms with Crippen molar-refractivity contribution in [2.75, 3.05) is 46.4 Å². The lowest BCUT2D eigenvalue weighted by Crippen LogP contribution is -2.62. The lowest BCUT2D eigenvalue weighted by Gasteiger charge is -2.42. The molecule has 0 saturated carbocycles. The van der Waals surface area contributed by atoms with Gasteiger partial charge in [0.1, 0.15) is 23.9 Å². The molecule has 392 valence electrons. The summed E-state index contributed by atoms with van der Waals surface area (Å²) in [6.45, 7) is 32.0. The second kappa shape index (κ2) is 22.5. The van der Waals surface area contributed by atoms with Crippen molar-refractivity contribution in [2.45, 2.75) is 163 Å². The van der Waals surface area contributed by atoms with Gasteiger partial charge in [0.15, 0.2) is 0 Å². The van der Waals surface area contributed by atoms with E-state index in [2.05, 4.69) is 139 Å². The van der Waals surface area contributed by atoms with Crippen LogP contribution in [0.1, 0.15) is 126 Å². The number of nitrogens with zero attached hydrogens (tertiary/aromatic N) is 5. The van der Waals surface area contributed by atoms with E-state index in [1.165, 1.54) is 15.5 Å². The zero-order chi connectivity index (χ0) is 52.4. The third-order valence-corrected chi connectivity index (χ3v) is 21.5. The fraction of sp³-hybridized carbons (Fsp3) is 0.596. The fourth-order valence-electron chi connectivity index (χ4n) is 12.1. The van der Waals surface area contributed by atoms with Crippen LogP contribution in [-0.4, -0.2) is 121 Å². The van der Waals surface area contributed by atoms with Crippen molar-refractivity contribution < 1.29 is 28.3 Å². The number of nitrogens with one attached hydrogen (secondary N) is 3. The number of carbonyl (C=O) groups is 4. The smallest absolute Gasteiger partial charge is 0.324 e. The highest BCUT2D eigenvalue weighted by atomic mass is 28.4. The molecule has 2 saturated heterocycles. The number of likely N-dealkylation sites (N-methyl/N-ethyl adjacent to an activating group) is 1. The topological polar surface area (TPSA) is 150 Å². The molecule has 15 heteroatoms. The van der Waals surface area contributed by atoms with Gasteiger partial charge < -0.3 is 34.2 Å². The minimum Gasteiger partial charge on any atom is -0.543 e. The van der Waals surface area contributed by atoms with E-state index in [1.807, 2.05) is 26.1 Å². The van der Waals surface area contributed by atoms with E-state index in [-0.39, 0.29) is 36.8 Å². The average molecular weight is 1010 g/mol. The van der Waals surface area contributed by atoms with Gasteiger partial charge in [0.05, 0.1) is 18.0 Å². The fourth-order valence-corrected chi connectivity index (χ4v) is 17.3. The second-order valence-electron chi connectivity index (χ2n) is 23.0. The SMILES string of the molecule is CCn1c(-c2cccnc2C(C)C)c2c3cc(ccc31)-c1cc(cc(O[Si](C(C)C)(C(C)C)C(C)C)c1)C[C@H](NC(=O)[C@H](C(C)C)N(C)C(=O)N1CCNCC1)C(=O)N1CCC[C@H](N1)C(=O)OCC(C)(C)C2. The van der Waals surface area contributed by atoms with Gasteiger partial charge in [0, 0.05) is 80.8 Å². The first-order chi connectivity index (χ1) is 34.1. The Balaban J connectivity index is 1.44. The van der Waals surface area contributed by atoms with Crippen LogP contribution in [0.4, 0.5) is 4.79 Å². The van der Waals surface area contributed by atoms with Gasteiger partial charge in [-0.3, -0.25) is 24.4 Å². The van der Waals surface area contributed by atoms with Crippen LogP contribution in [0, 0.1) is 11.3 Å². The molecule has 4 aromatic rings. The number of ether oxygens (including phenoxy) is 1. The number of pyridine rings is 1. The molecular formula is C57H84N8O6Si. The molecule has 3 atom stereocenters. The zero-order valence-electron chi connectivity index (χ0n) is 45.8. The number of aryl methyl sites for hydroxylation is 1. The van der Waals surface area contributed by atoms with Crippen molar-refractivity contribution in [3.8, 4) is 28.1 Å². The molecule has 3 aliphatic heterocycles. The van der Waals surface area contributed by atoms with Gasteiger partial charge in [0.2, 0.25) is 5.91 Å². The van der Waals surface area contributed by atoms with Gasteiger partial charge in [0.25, 0.3) is 14.2 Å². The monoisotopic (exact) mass is 1000 g/mol. The molecule has 0 spiro atoms. The van der Waals surface area contributed by atoms with E-state index in [4.69, 9.17) is 14.1 Å². The van der Waals surface area contributed by atoms with E-state index in [0.29, 0.717) is 68.6 Å². The molecule has 72 heavy (non-hydrogen) atoms. The van der Waals surface area contributed by atoms with Crippen LogP contribution in [0.5, 0.6) is 5.75 Å². The molecule has 0 radical (unpaired) electrons. The molecule has 0 aliphatic carbocycles. The van der Waals surface area contributed by atoms with Crippen molar-refractivity contribution in [1.82, 2.24) is 40.4 Å². The third-order valence-electron chi connectivity index (χ3n) is 15.5. The van der Waals surface area contributed by atoms with E-state index < -0.39 is 43.7 Å². The maximum Gasteiger partial charge on any atom is 0.324 e. The number of benzene rings is 2. The van der Waals surface area contributed by atoms with E-state index in [1.54, 1.807) is 11.9 Å². The molecule has 3 N–H and O–H groups in total.